The molecule has 68 heavy (non-hydrogen) atoms. The second-order valence-electron chi connectivity index (χ2n) is 18.3. The first kappa shape index (κ1) is 51.6. The SMILES string of the molecule is CN[C@@H](C)C(=O)N[C@H](C(=O)N1CCC[C@H]1C(=O)N[C@@H]1CCCc2ccccc21)[C@@H](C)OCC#CC#CCO[C@H](C)[C@H](NC(=O)[C@H](C)NC)C(=O)N1CCC[C@H]1C(=O)N[C@@H]1CCCc2ccccc21. The van der Waals surface area contributed by atoms with E-state index in [2.05, 4.69) is 67.7 Å². The van der Waals surface area contributed by atoms with Crippen molar-refractivity contribution in [3.05, 3.63) is 70.8 Å². The number of carbonyl (C=O) groups is 6. The fourth-order valence-electron chi connectivity index (χ4n) is 9.58. The number of nitrogens with one attached hydrogen (secondary N) is 6. The molecule has 6 rings (SSSR count). The van der Waals surface area contributed by atoms with Gasteiger partial charge in [-0.2, -0.15) is 0 Å². The minimum absolute atomic E-state index is 0.108. The van der Waals surface area contributed by atoms with E-state index in [4.69, 9.17) is 9.47 Å². The highest BCUT2D eigenvalue weighted by atomic mass is 16.5. The van der Waals surface area contributed by atoms with E-state index in [1.165, 1.54) is 11.1 Å². The van der Waals surface area contributed by atoms with Crippen LogP contribution in [0.15, 0.2) is 48.5 Å². The van der Waals surface area contributed by atoms with Crippen molar-refractivity contribution in [2.75, 3.05) is 40.4 Å². The summed E-state index contributed by atoms with van der Waals surface area (Å²) in [6.07, 6.45) is 6.21. The molecule has 2 aliphatic carbocycles. The molecule has 0 bridgehead atoms. The molecule has 0 saturated carbocycles. The number of amides is 6. The predicted molar refractivity (Wildman–Crippen MR) is 257 cm³/mol. The fourth-order valence-corrected chi connectivity index (χ4v) is 9.58. The zero-order valence-corrected chi connectivity index (χ0v) is 40.5. The number of nitrogens with zero attached hydrogens (tertiary/aromatic N) is 2. The summed E-state index contributed by atoms with van der Waals surface area (Å²) in [5.74, 6) is 9.10. The molecule has 366 valence electrons. The third kappa shape index (κ3) is 13.0. The summed E-state index contributed by atoms with van der Waals surface area (Å²) in [4.78, 5) is 85.3. The Morgan fingerprint density at radius 1 is 0.588 bits per heavy atom. The zero-order valence-electron chi connectivity index (χ0n) is 40.5. The van der Waals surface area contributed by atoms with E-state index in [0.29, 0.717) is 38.8 Å². The number of aryl methyl sites for hydroxylation is 2. The Morgan fingerprint density at radius 2 is 0.985 bits per heavy atom. The first-order valence-electron chi connectivity index (χ1n) is 24.3. The first-order chi connectivity index (χ1) is 32.8. The number of hydrogen-bond donors (Lipinski definition) is 6. The molecule has 2 saturated heterocycles. The van der Waals surface area contributed by atoms with Gasteiger partial charge >= 0.3 is 0 Å². The molecule has 2 fully saturated rings. The maximum Gasteiger partial charge on any atom is 0.248 e. The monoisotopic (exact) mass is 935 g/mol. The molecule has 0 radical (unpaired) electrons. The largest absolute Gasteiger partial charge is 0.363 e. The molecule has 4 aliphatic rings. The summed E-state index contributed by atoms with van der Waals surface area (Å²) in [5, 5.41) is 17.9. The molecule has 0 spiro atoms. The highest BCUT2D eigenvalue weighted by Gasteiger charge is 2.43. The summed E-state index contributed by atoms with van der Waals surface area (Å²) >= 11 is 0. The number of likely N-dealkylation sites (N-methyl/N-ethyl adjacent to an activating group) is 2. The number of carbonyl (C=O) groups excluding carboxylic acids is 6. The van der Waals surface area contributed by atoms with Crippen LogP contribution in [0.1, 0.15) is 113 Å². The minimum atomic E-state index is -1.09. The summed E-state index contributed by atoms with van der Waals surface area (Å²) in [7, 11) is 3.30. The summed E-state index contributed by atoms with van der Waals surface area (Å²) < 4.78 is 12.0. The van der Waals surface area contributed by atoms with Gasteiger partial charge in [0.05, 0.1) is 36.4 Å². The third-order valence-electron chi connectivity index (χ3n) is 13.8. The van der Waals surface area contributed by atoms with Crippen molar-refractivity contribution in [2.45, 2.75) is 152 Å². The molecule has 16 nitrogen and oxygen atoms in total. The van der Waals surface area contributed by atoms with Gasteiger partial charge in [0.2, 0.25) is 35.4 Å². The van der Waals surface area contributed by atoms with Crippen molar-refractivity contribution in [2.24, 2.45) is 0 Å². The van der Waals surface area contributed by atoms with Crippen LogP contribution in [0.3, 0.4) is 0 Å². The van der Waals surface area contributed by atoms with Crippen molar-refractivity contribution in [1.29, 1.82) is 0 Å². The van der Waals surface area contributed by atoms with Gasteiger partial charge in [0.25, 0.3) is 0 Å². The molecule has 0 unspecified atom stereocenters. The Bertz CT molecular complexity index is 2090. The fraction of sp³-hybridized carbons (Fsp3) is 0.577. The van der Waals surface area contributed by atoms with E-state index in [1.807, 2.05) is 36.4 Å². The highest BCUT2D eigenvalue weighted by molar-refractivity contribution is 5.95. The van der Waals surface area contributed by atoms with Crippen LogP contribution in [0.25, 0.3) is 0 Å². The average Bonchev–Trinajstić information content (AvgIpc) is 4.06. The summed E-state index contributed by atoms with van der Waals surface area (Å²) in [6.45, 7) is 7.26. The molecule has 2 aliphatic heterocycles. The zero-order chi connectivity index (χ0) is 48.7. The van der Waals surface area contributed by atoms with Crippen LogP contribution in [0.5, 0.6) is 0 Å². The van der Waals surface area contributed by atoms with Gasteiger partial charge in [-0.25, -0.2) is 0 Å². The van der Waals surface area contributed by atoms with E-state index in [1.54, 1.807) is 51.6 Å². The lowest BCUT2D eigenvalue weighted by atomic mass is 9.87. The predicted octanol–water partition coefficient (Wildman–Crippen LogP) is 2.36. The van der Waals surface area contributed by atoms with Crippen molar-refractivity contribution in [1.82, 2.24) is 41.7 Å². The van der Waals surface area contributed by atoms with Gasteiger partial charge in [-0.15, -0.1) is 0 Å². The number of rotatable bonds is 18. The minimum Gasteiger partial charge on any atom is -0.363 e. The molecule has 6 N–H and O–H groups in total. The van der Waals surface area contributed by atoms with Crippen LogP contribution >= 0.6 is 0 Å². The van der Waals surface area contributed by atoms with Crippen molar-refractivity contribution >= 4 is 35.4 Å². The van der Waals surface area contributed by atoms with Crippen molar-refractivity contribution < 1.29 is 38.2 Å². The second kappa shape index (κ2) is 25.0. The normalized spacial score (nSPS) is 22.2. The molecular weight excluding hydrogens is 865 g/mol. The summed E-state index contributed by atoms with van der Waals surface area (Å²) in [6, 6.07) is 11.3. The maximum absolute atomic E-state index is 14.2. The standard InChI is InChI=1S/C52H70N8O8/c1-33(53-5)47(61)57-45(51(65)59-29-17-27-43(59)49(63)55-41-25-15-21-37-19-9-11-23-39(37)41)35(3)67-31-13-7-8-14-32-68-36(4)46(58-48(62)34(2)54-6)52(66)60-30-18-28-44(60)50(64)56-42-26-16-22-38-20-10-12-24-40(38)42/h9-12,19-20,23-24,33-36,41-46,53-54H,15-18,21-22,25-32H2,1-6H3,(H,55,63)(H,56,64)(H,57,61)(H,58,62)/t33-,34-,35+,36+,41+,42+,43-,44-,45-,46-/m0/s1. The third-order valence-corrected chi connectivity index (χ3v) is 13.8. The molecule has 2 aromatic carbocycles. The van der Waals surface area contributed by atoms with E-state index in [0.717, 1.165) is 49.7 Å². The Hall–Kier alpha value is -5.78. The Balaban J connectivity index is 1.04. The van der Waals surface area contributed by atoms with Gasteiger partial charge in [0.15, 0.2) is 0 Å². The highest BCUT2D eigenvalue weighted by Crippen LogP contribution is 2.32. The number of ether oxygens (including phenoxy) is 2. The average molecular weight is 935 g/mol. The van der Waals surface area contributed by atoms with Crippen molar-refractivity contribution in [3.63, 3.8) is 0 Å². The Kier molecular flexibility index (Phi) is 19.0. The lowest BCUT2D eigenvalue weighted by molar-refractivity contribution is -0.145. The van der Waals surface area contributed by atoms with Gasteiger partial charge < -0.3 is 51.2 Å². The molecule has 2 aromatic rings. The number of hydrogen-bond acceptors (Lipinski definition) is 10. The molecule has 2 heterocycles. The lowest BCUT2D eigenvalue weighted by Gasteiger charge is -2.33. The van der Waals surface area contributed by atoms with Crippen LogP contribution < -0.4 is 31.9 Å². The van der Waals surface area contributed by atoms with Gasteiger partial charge in [0.1, 0.15) is 37.4 Å². The van der Waals surface area contributed by atoms with Gasteiger partial charge in [0, 0.05) is 13.1 Å². The topological polar surface area (TPSA) is 200 Å². The Morgan fingerprint density at radius 3 is 1.38 bits per heavy atom. The second-order valence-corrected chi connectivity index (χ2v) is 18.3. The molecular formula is C52H70N8O8. The number of fused-ring (bicyclic) bond motifs is 2. The van der Waals surface area contributed by atoms with Crippen LogP contribution in [0.4, 0.5) is 0 Å². The molecule has 16 heteroatoms. The van der Waals surface area contributed by atoms with Gasteiger partial charge in [-0.05, 0) is 140 Å². The van der Waals surface area contributed by atoms with Gasteiger partial charge in [-0.1, -0.05) is 60.4 Å². The lowest BCUT2D eigenvalue weighted by Crippen LogP contribution is -2.59. The first-order valence-corrected chi connectivity index (χ1v) is 24.3. The van der Waals surface area contributed by atoms with E-state index in [9.17, 15) is 28.8 Å². The molecule has 0 aromatic heterocycles. The summed E-state index contributed by atoms with van der Waals surface area (Å²) in [5.41, 5.74) is 4.67. The van der Waals surface area contributed by atoms with Crippen molar-refractivity contribution in [3.8, 4) is 23.7 Å². The van der Waals surface area contributed by atoms with E-state index in [-0.39, 0.29) is 37.1 Å². The van der Waals surface area contributed by atoms with Crippen LogP contribution in [-0.2, 0) is 51.1 Å². The van der Waals surface area contributed by atoms with Crippen LogP contribution in [0.2, 0.25) is 0 Å². The number of likely N-dealkylation sites (tertiary alicyclic amines) is 2. The van der Waals surface area contributed by atoms with Crippen LogP contribution in [0, 0.1) is 23.7 Å². The van der Waals surface area contributed by atoms with E-state index < -0.39 is 72.1 Å². The van der Waals surface area contributed by atoms with Crippen LogP contribution in [-0.4, -0.2) is 134 Å². The Labute approximate surface area is 401 Å². The molecule has 6 amide bonds. The number of benzene rings is 2. The maximum atomic E-state index is 14.2. The van der Waals surface area contributed by atoms with Gasteiger partial charge in [-0.3, -0.25) is 28.8 Å². The smallest absolute Gasteiger partial charge is 0.248 e. The molecule has 10 atom stereocenters. The van der Waals surface area contributed by atoms with E-state index >= 15 is 0 Å². The quantitative estimate of drug-likeness (QED) is 0.121.